The highest BCUT2D eigenvalue weighted by atomic mass is 19.4. The Morgan fingerprint density at radius 3 is 1.39 bits per heavy atom. The van der Waals surface area contributed by atoms with Gasteiger partial charge in [0.15, 0.2) is 34.5 Å². The second-order valence-electron chi connectivity index (χ2n) is 25.7. The van der Waals surface area contributed by atoms with Crippen LogP contribution in [0.5, 0.6) is 34.5 Å². The molecule has 19 nitrogen and oxygen atoms in total. The Morgan fingerprint density at radius 1 is 0.510 bits per heavy atom. The fourth-order valence-electron chi connectivity index (χ4n) is 14.9. The van der Waals surface area contributed by atoms with E-state index >= 15 is 0 Å². The molecule has 2 N–H and O–H groups in total. The number of likely N-dealkylation sites (tertiary alicyclic amines) is 3. The van der Waals surface area contributed by atoms with Gasteiger partial charge in [0.1, 0.15) is 17.1 Å². The summed E-state index contributed by atoms with van der Waals surface area (Å²) in [7, 11) is 6.53. The molecule has 3 spiro atoms. The number of hydrogen-bond acceptors (Lipinski definition) is 12. The number of carbonyl (C=O) groups excluding carboxylic acids is 4. The highest BCUT2D eigenvalue weighted by molar-refractivity contribution is 5.96. The first kappa shape index (κ1) is 72.2. The molecule has 9 heterocycles. The number of nitrogens with one attached hydrogen (secondary N) is 1. The molecule has 6 aliphatic rings. The highest BCUT2D eigenvalue weighted by Crippen LogP contribution is 2.48. The first-order valence-corrected chi connectivity index (χ1v) is 33.0. The number of halogens is 9. The van der Waals surface area contributed by atoms with Crippen LogP contribution >= 0.6 is 0 Å². The first-order chi connectivity index (χ1) is 46.5. The number of piperidine rings is 3. The molecular formula is C70H86F9N9O10. The lowest BCUT2D eigenvalue weighted by Gasteiger charge is -2.52. The van der Waals surface area contributed by atoms with Crippen LogP contribution in [0.2, 0.25) is 0 Å². The fraction of sp³-hybridized carbons (Fsp3) is 0.514. The molecule has 534 valence electrons. The van der Waals surface area contributed by atoms with Crippen LogP contribution in [0, 0.1) is 0 Å². The third-order valence-corrected chi connectivity index (χ3v) is 19.8. The summed E-state index contributed by atoms with van der Waals surface area (Å²) in [6, 6.07) is 22.7. The van der Waals surface area contributed by atoms with Gasteiger partial charge in [0.25, 0.3) is 17.7 Å². The molecule has 3 aromatic carbocycles. The maximum Gasteiger partial charge on any atom is 0.431 e. The molecular weight excluding hydrogens is 1300 g/mol. The molecule has 3 aromatic heterocycles. The lowest BCUT2D eigenvalue weighted by atomic mass is 9.80. The maximum absolute atomic E-state index is 13.6. The Balaban J connectivity index is 0.000000173. The first-order valence-electron chi connectivity index (χ1n) is 33.0. The average molecular weight is 1380 g/mol. The number of aromatic nitrogens is 3. The van der Waals surface area contributed by atoms with E-state index in [-0.39, 0.29) is 81.8 Å². The number of nitrogens with zero attached hydrogens (tertiary/aromatic N) is 8. The minimum Gasteiger partial charge on any atom is -0.504 e. The molecule has 6 aromatic rings. The number of alkyl halides is 9. The Morgan fingerprint density at radius 2 is 0.929 bits per heavy atom. The van der Waals surface area contributed by atoms with Gasteiger partial charge in [-0.3, -0.25) is 24.1 Å². The minimum absolute atomic E-state index is 0. The van der Waals surface area contributed by atoms with Gasteiger partial charge >= 0.3 is 18.5 Å². The van der Waals surface area contributed by atoms with E-state index in [1.807, 2.05) is 27.8 Å². The van der Waals surface area contributed by atoms with Crippen LogP contribution in [0.1, 0.15) is 146 Å². The zero-order valence-electron chi connectivity index (χ0n) is 56.2. The number of aromatic hydroxyl groups is 1. The van der Waals surface area contributed by atoms with Crippen molar-refractivity contribution in [2.24, 2.45) is 0 Å². The van der Waals surface area contributed by atoms with Crippen molar-refractivity contribution >= 4 is 23.6 Å². The number of rotatable bonds is 12. The van der Waals surface area contributed by atoms with Crippen LogP contribution in [0.4, 0.5) is 39.5 Å². The minimum atomic E-state index is -4.49. The van der Waals surface area contributed by atoms with Crippen molar-refractivity contribution in [2.75, 3.05) is 93.9 Å². The molecule has 98 heavy (non-hydrogen) atoms. The molecule has 6 aliphatic heterocycles. The van der Waals surface area contributed by atoms with E-state index in [0.29, 0.717) is 148 Å². The molecule has 0 atom stereocenters. The summed E-state index contributed by atoms with van der Waals surface area (Å²) in [5.74, 6) is 1.61. The number of methoxy groups -OCH3 is 3. The third kappa shape index (κ3) is 14.2. The summed E-state index contributed by atoms with van der Waals surface area (Å²) in [5.41, 5.74) is -0.771. The number of fused-ring (bicyclic) bond motifs is 6. The van der Waals surface area contributed by atoms with E-state index in [9.17, 15) is 63.8 Å². The van der Waals surface area contributed by atoms with Crippen molar-refractivity contribution in [3.05, 3.63) is 142 Å². The summed E-state index contributed by atoms with van der Waals surface area (Å²) in [4.78, 5) is 61.1. The van der Waals surface area contributed by atoms with Gasteiger partial charge in [0, 0.05) is 120 Å². The van der Waals surface area contributed by atoms with Crippen molar-refractivity contribution in [3.8, 4) is 34.5 Å². The van der Waals surface area contributed by atoms with Crippen LogP contribution in [0.25, 0.3) is 0 Å². The van der Waals surface area contributed by atoms with E-state index in [4.69, 9.17) is 23.7 Å². The standard InChI is InChI=1S/C25H30F3N3O4.C23H28F3N3O3.C22H26F3N3O3.H2/c1-4-22(33)31-14-13-30-20(7-8-21(30)25(26,27)28)24(31)9-11-29(12-10-24)23(34)17-5-6-19(18(32)15-17)35-16(2)3;1-3-14-32-17-5-4-16(15-18(17)31-2)21(30)28-11-8-22(9-12-28)19-6-7-20(23(24,25)26)29(19)13-10-27-22;1-26-12-13-28-18(6-7-19(28)22(23,24)25)21(26)8-10-27(11-9-21)20(29)15-4-5-16(30-2)17(14-15)31-3;/h5-8,15-16,32H,4,9-14H2,1-3H3;4-7,15,27H,3,8-14H2,1-2H3;4-7,14H,8-13H2,1-3H3;1H. The maximum atomic E-state index is 13.6. The lowest BCUT2D eigenvalue weighted by Crippen LogP contribution is -2.59. The van der Waals surface area contributed by atoms with Gasteiger partial charge in [0.2, 0.25) is 5.91 Å². The van der Waals surface area contributed by atoms with Crippen molar-refractivity contribution in [3.63, 3.8) is 0 Å². The summed E-state index contributed by atoms with van der Waals surface area (Å²) in [6.07, 6.45) is -9.36. The average Bonchev–Trinajstić information content (AvgIpc) is 1.71. The van der Waals surface area contributed by atoms with Crippen molar-refractivity contribution in [2.45, 2.75) is 140 Å². The van der Waals surface area contributed by atoms with E-state index < -0.39 is 52.2 Å². The largest absolute Gasteiger partial charge is 0.504 e. The van der Waals surface area contributed by atoms with Crippen LogP contribution in [0.3, 0.4) is 0 Å². The van der Waals surface area contributed by atoms with Crippen LogP contribution in [-0.4, -0.2) is 167 Å². The van der Waals surface area contributed by atoms with Gasteiger partial charge < -0.3 is 67.4 Å². The summed E-state index contributed by atoms with van der Waals surface area (Å²) >= 11 is 0. The molecule has 3 saturated heterocycles. The quantitative estimate of drug-likeness (QED) is 0.111. The third-order valence-electron chi connectivity index (χ3n) is 19.8. The van der Waals surface area contributed by atoms with Gasteiger partial charge in [-0.05, 0) is 157 Å². The molecule has 12 rings (SSSR count). The van der Waals surface area contributed by atoms with Crippen LogP contribution < -0.4 is 29.0 Å². The summed E-state index contributed by atoms with van der Waals surface area (Å²) in [6.45, 7) is 12.2. The SMILES string of the molecule is CCC(=O)N1CCn2c(C(F)(F)F)ccc2C12CCN(C(=O)c1ccc(OC(C)C)c(O)c1)CC2.CCCOc1ccc(C(=O)N2CCC3(CC2)NCCn2c(C(F)(F)F)ccc23)cc1OC.COc1ccc(C(=O)N2CCC3(CC2)c2ccc(C(F)(F)F)n2CCN3C)cc1OC.[HH]. The Hall–Kier alpha value is -8.53. The molecule has 0 bridgehead atoms. The van der Waals surface area contributed by atoms with Gasteiger partial charge in [-0.1, -0.05) is 13.8 Å². The highest BCUT2D eigenvalue weighted by Gasteiger charge is 2.52. The topological polar surface area (TPSA) is 178 Å². The van der Waals surface area contributed by atoms with Crippen LogP contribution in [-0.2, 0) is 59.6 Å². The van der Waals surface area contributed by atoms with E-state index in [2.05, 4.69) is 10.2 Å². The Labute approximate surface area is 564 Å². The summed E-state index contributed by atoms with van der Waals surface area (Å²) < 4.78 is 152. The zero-order chi connectivity index (χ0) is 70.9. The predicted octanol–water partition coefficient (Wildman–Crippen LogP) is 12.3. The number of carbonyl (C=O) groups is 4. The predicted molar refractivity (Wildman–Crippen MR) is 346 cm³/mol. The number of ether oxygens (including phenoxy) is 5. The number of amides is 4. The second-order valence-corrected chi connectivity index (χ2v) is 25.7. The van der Waals surface area contributed by atoms with E-state index in [0.717, 1.165) is 18.6 Å². The molecule has 3 fully saturated rings. The van der Waals surface area contributed by atoms with Crippen LogP contribution in [0.15, 0.2) is 91.0 Å². The summed E-state index contributed by atoms with van der Waals surface area (Å²) in [5, 5.41) is 13.7. The smallest absolute Gasteiger partial charge is 0.431 e. The molecule has 4 amide bonds. The van der Waals surface area contributed by atoms with Crippen molar-refractivity contribution < 1.29 is 88.9 Å². The van der Waals surface area contributed by atoms with Crippen molar-refractivity contribution in [1.82, 2.24) is 43.5 Å². The van der Waals surface area contributed by atoms with Gasteiger partial charge in [-0.15, -0.1) is 0 Å². The number of phenolic OH excluding ortho intramolecular Hbond substituents is 1. The van der Waals surface area contributed by atoms with E-state index in [1.165, 1.54) is 53.2 Å². The lowest BCUT2D eigenvalue weighted by molar-refractivity contribution is -0.148. The molecule has 0 unspecified atom stereocenters. The van der Waals surface area contributed by atoms with Gasteiger partial charge in [-0.25, -0.2) is 0 Å². The number of phenols is 1. The number of benzene rings is 3. The molecule has 28 heteroatoms. The van der Waals surface area contributed by atoms with Crippen molar-refractivity contribution in [1.29, 1.82) is 0 Å². The Kier molecular flexibility index (Phi) is 21.2. The van der Waals surface area contributed by atoms with E-state index in [1.54, 1.807) is 87.2 Å². The second kappa shape index (κ2) is 28.7. The molecule has 0 aliphatic carbocycles. The monoisotopic (exact) mass is 1380 g/mol. The molecule has 0 saturated carbocycles. The zero-order valence-corrected chi connectivity index (χ0v) is 56.2. The van der Waals surface area contributed by atoms with Gasteiger partial charge in [0.05, 0.1) is 50.7 Å². The Bertz CT molecular complexity index is 3860. The van der Waals surface area contributed by atoms with Gasteiger partial charge in [-0.2, -0.15) is 39.5 Å². The number of hydrogen-bond donors (Lipinski definition) is 2. The molecule has 0 radical (unpaired) electrons. The number of likely N-dealkylation sites (N-methyl/N-ethyl adjacent to an activating group) is 1. The fourth-order valence-corrected chi connectivity index (χ4v) is 14.9. The normalized spacial score (nSPS) is 18.0.